The van der Waals surface area contributed by atoms with Crippen LogP contribution in [0.2, 0.25) is 0 Å². The van der Waals surface area contributed by atoms with Gasteiger partial charge in [0.2, 0.25) is 0 Å². The first-order chi connectivity index (χ1) is 10.2. The summed E-state index contributed by atoms with van der Waals surface area (Å²) in [4.78, 5) is 4.37. The first-order valence-electron chi connectivity index (χ1n) is 6.22. The lowest BCUT2D eigenvalue weighted by molar-refractivity contribution is 0.419. The highest BCUT2D eigenvalue weighted by molar-refractivity contribution is 6.17. The molecule has 3 rings (SSSR count). The molecule has 3 nitrogen and oxygen atoms in total. The van der Waals surface area contributed by atoms with E-state index in [-0.39, 0.29) is 11.6 Å². The SMILES string of the molecule is COc1cccc2c1nc(CCl)n2-c1cccc(F)c1F. The van der Waals surface area contributed by atoms with E-state index in [1.54, 1.807) is 18.2 Å². The second kappa shape index (κ2) is 5.33. The van der Waals surface area contributed by atoms with Gasteiger partial charge in [0.25, 0.3) is 0 Å². The number of benzene rings is 2. The summed E-state index contributed by atoms with van der Waals surface area (Å²) >= 11 is 5.90. The van der Waals surface area contributed by atoms with E-state index in [2.05, 4.69) is 4.98 Å². The Morgan fingerprint density at radius 3 is 2.67 bits per heavy atom. The van der Waals surface area contributed by atoms with Crippen LogP contribution in [-0.2, 0) is 5.88 Å². The molecule has 0 bridgehead atoms. The number of rotatable bonds is 3. The van der Waals surface area contributed by atoms with Gasteiger partial charge in [-0.05, 0) is 24.3 Å². The molecule has 0 saturated heterocycles. The van der Waals surface area contributed by atoms with Crippen LogP contribution in [0.1, 0.15) is 5.82 Å². The molecule has 0 fully saturated rings. The van der Waals surface area contributed by atoms with E-state index in [1.807, 2.05) is 0 Å². The lowest BCUT2D eigenvalue weighted by Crippen LogP contribution is -2.03. The average Bonchev–Trinajstić information content (AvgIpc) is 2.88. The Kier molecular flexibility index (Phi) is 3.51. The average molecular weight is 309 g/mol. The van der Waals surface area contributed by atoms with Crippen molar-refractivity contribution < 1.29 is 13.5 Å². The summed E-state index contributed by atoms with van der Waals surface area (Å²) in [5.74, 6) is -0.827. The van der Waals surface area contributed by atoms with E-state index in [0.717, 1.165) is 6.07 Å². The minimum Gasteiger partial charge on any atom is -0.494 e. The number of alkyl halides is 1. The molecule has 1 heterocycles. The summed E-state index contributed by atoms with van der Waals surface area (Å²) in [6.45, 7) is 0. The van der Waals surface area contributed by atoms with Gasteiger partial charge in [-0.3, -0.25) is 4.57 Å². The van der Waals surface area contributed by atoms with Crippen LogP contribution in [0.5, 0.6) is 5.75 Å². The number of ether oxygens (including phenoxy) is 1. The Hall–Kier alpha value is -2.14. The highest BCUT2D eigenvalue weighted by atomic mass is 35.5. The predicted octanol–water partition coefficient (Wildman–Crippen LogP) is 4.05. The molecule has 0 atom stereocenters. The standard InChI is InChI=1S/C15H11ClF2N2O/c1-21-12-7-3-6-11-15(12)19-13(8-16)20(11)10-5-2-4-9(17)14(10)18/h2-7H,8H2,1H3. The van der Waals surface area contributed by atoms with Crippen LogP contribution >= 0.6 is 11.6 Å². The molecule has 0 N–H and O–H groups in total. The Balaban J connectivity index is 2.38. The third kappa shape index (κ3) is 2.14. The number of imidazole rings is 1. The van der Waals surface area contributed by atoms with Gasteiger partial charge in [-0.1, -0.05) is 12.1 Å². The van der Waals surface area contributed by atoms with Crippen LogP contribution in [0.25, 0.3) is 16.7 Å². The second-order valence-corrected chi connectivity index (χ2v) is 4.67. The summed E-state index contributed by atoms with van der Waals surface area (Å²) in [6, 6.07) is 9.26. The Labute approximate surface area is 124 Å². The molecule has 108 valence electrons. The molecule has 0 aliphatic carbocycles. The molecule has 6 heteroatoms. The number of hydrogen-bond acceptors (Lipinski definition) is 2. The number of methoxy groups -OCH3 is 1. The summed E-state index contributed by atoms with van der Waals surface area (Å²) < 4.78 is 34.3. The topological polar surface area (TPSA) is 27.1 Å². The zero-order valence-corrected chi connectivity index (χ0v) is 11.9. The molecule has 0 radical (unpaired) electrons. The zero-order chi connectivity index (χ0) is 15.0. The highest BCUT2D eigenvalue weighted by Crippen LogP contribution is 2.30. The fourth-order valence-electron chi connectivity index (χ4n) is 2.31. The normalized spacial score (nSPS) is 11.0. The first kappa shape index (κ1) is 13.8. The molecule has 0 aliphatic heterocycles. The number of fused-ring (bicyclic) bond motifs is 1. The minimum absolute atomic E-state index is 0.0633. The van der Waals surface area contributed by atoms with Gasteiger partial charge < -0.3 is 4.74 Å². The monoisotopic (exact) mass is 308 g/mol. The molecule has 21 heavy (non-hydrogen) atoms. The molecule has 0 amide bonds. The molecule has 3 aromatic rings. The van der Waals surface area contributed by atoms with Crippen molar-refractivity contribution in [3.05, 3.63) is 53.9 Å². The molecule has 2 aromatic carbocycles. The van der Waals surface area contributed by atoms with E-state index in [1.165, 1.54) is 23.8 Å². The molecule has 0 unspecified atom stereocenters. The van der Waals surface area contributed by atoms with E-state index >= 15 is 0 Å². The van der Waals surface area contributed by atoms with Gasteiger partial charge in [-0.15, -0.1) is 11.6 Å². The van der Waals surface area contributed by atoms with Crippen molar-refractivity contribution in [2.24, 2.45) is 0 Å². The van der Waals surface area contributed by atoms with Crippen LogP contribution in [0.3, 0.4) is 0 Å². The van der Waals surface area contributed by atoms with E-state index < -0.39 is 11.6 Å². The van der Waals surface area contributed by atoms with E-state index in [9.17, 15) is 8.78 Å². The van der Waals surface area contributed by atoms with Crippen LogP contribution in [-0.4, -0.2) is 16.7 Å². The lowest BCUT2D eigenvalue weighted by Gasteiger charge is -2.09. The number of nitrogens with zero attached hydrogens (tertiary/aromatic N) is 2. The number of halogens is 3. The maximum absolute atomic E-state index is 14.1. The van der Waals surface area contributed by atoms with Crippen molar-refractivity contribution in [2.75, 3.05) is 7.11 Å². The predicted molar refractivity (Wildman–Crippen MR) is 77.1 cm³/mol. The summed E-state index contributed by atoms with van der Waals surface area (Å²) in [5.41, 5.74) is 1.23. The Bertz CT molecular complexity index is 817. The lowest BCUT2D eigenvalue weighted by atomic mass is 10.2. The van der Waals surface area contributed by atoms with Gasteiger partial charge in [-0.2, -0.15) is 0 Å². The van der Waals surface area contributed by atoms with Crippen molar-refractivity contribution >= 4 is 22.6 Å². The highest BCUT2D eigenvalue weighted by Gasteiger charge is 2.18. The van der Waals surface area contributed by atoms with Crippen molar-refractivity contribution in [1.82, 2.24) is 9.55 Å². The van der Waals surface area contributed by atoms with E-state index in [4.69, 9.17) is 16.3 Å². The summed E-state index contributed by atoms with van der Waals surface area (Å²) in [5, 5.41) is 0. The summed E-state index contributed by atoms with van der Waals surface area (Å²) in [7, 11) is 1.52. The van der Waals surface area contributed by atoms with Gasteiger partial charge in [-0.25, -0.2) is 13.8 Å². The van der Waals surface area contributed by atoms with Gasteiger partial charge in [0.05, 0.1) is 24.2 Å². The quantitative estimate of drug-likeness (QED) is 0.683. The summed E-state index contributed by atoms with van der Waals surface area (Å²) in [6.07, 6.45) is 0. The smallest absolute Gasteiger partial charge is 0.182 e. The van der Waals surface area contributed by atoms with Crippen molar-refractivity contribution in [2.45, 2.75) is 5.88 Å². The fourth-order valence-corrected chi connectivity index (χ4v) is 2.49. The minimum atomic E-state index is -0.939. The van der Waals surface area contributed by atoms with Gasteiger partial charge in [0, 0.05) is 0 Å². The van der Waals surface area contributed by atoms with Crippen molar-refractivity contribution in [1.29, 1.82) is 0 Å². The molecule has 1 aromatic heterocycles. The molecular formula is C15H11ClF2N2O. The number of hydrogen-bond donors (Lipinski definition) is 0. The van der Waals surface area contributed by atoms with Crippen molar-refractivity contribution in [3.8, 4) is 11.4 Å². The van der Waals surface area contributed by atoms with Crippen LogP contribution in [0.15, 0.2) is 36.4 Å². The molecular weight excluding hydrogens is 298 g/mol. The largest absolute Gasteiger partial charge is 0.494 e. The Morgan fingerprint density at radius 2 is 1.95 bits per heavy atom. The zero-order valence-electron chi connectivity index (χ0n) is 11.1. The van der Waals surface area contributed by atoms with Crippen LogP contribution < -0.4 is 4.74 Å². The van der Waals surface area contributed by atoms with Crippen LogP contribution in [0.4, 0.5) is 8.78 Å². The van der Waals surface area contributed by atoms with Crippen molar-refractivity contribution in [3.63, 3.8) is 0 Å². The van der Waals surface area contributed by atoms with Gasteiger partial charge in [0.1, 0.15) is 17.1 Å². The number of para-hydroxylation sites is 1. The third-order valence-electron chi connectivity index (χ3n) is 3.23. The van der Waals surface area contributed by atoms with E-state index in [0.29, 0.717) is 22.6 Å². The molecule has 0 spiro atoms. The number of aromatic nitrogens is 2. The Morgan fingerprint density at radius 1 is 1.19 bits per heavy atom. The fraction of sp³-hybridized carbons (Fsp3) is 0.133. The maximum atomic E-state index is 14.1. The second-order valence-electron chi connectivity index (χ2n) is 4.40. The molecule has 0 saturated carbocycles. The van der Waals surface area contributed by atoms with Gasteiger partial charge in [0.15, 0.2) is 11.6 Å². The maximum Gasteiger partial charge on any atom is 0.182 e. The first-order valence-corrected chi connectivity index (χ1v) is 6.75. The van der Waals surface area contributed by atoms with Gasteiger partial charge >= 0.3 is 0 Å². The molecule has 0 aliphatic rings. The van der Waals surface area contributed by atoms with Crippen LogP contribution in [0, 0.1) is 11.6 Å². The third-order valence-corrected chi connectivity index (χ3v) is 3.47.